The molecule has 0 radical (unpaired) electrons. The minimum absolute atomic E-state index is 0.164. The van der Waals surface area contributed by atoms with Crippen LogP contribution in [0, 0.1) is 0 Å². The summed E-state index contributed by atoms with van der Waals surface area (Å²) in [5, 5.41) is 0. The number of thiophene rings is 1. The van der Waals surface area contributed by atoms with Crippen LogP contribution < -0.4 is 0 Å². The van der Waals surface area contributed by atoms with Gasteiger partial charge >= 0.3 is 0 Å². The van der Waals surface area contributed by atoms with Crippen molar-refractivity contribution in [3.8, 4) is 0 Å². The van der Waals surface area contributed by atoms with Crippen LogP contribution in [-0.4, -0.2) is 22.3 Å². The van der Waals surface area contributed by atoms with E-state index >= 15 is 0 Å². The first-order chi connectivity index (χ1) is 10.8. The Bertz CT molecular complexity index is 612. The Balaban J connectivity index is 1.76. The van der Waals surface area contributed by atoms with Crippen LogP contribution >= 0.6 is 11.3 Å². The Morgan fingerprint density at radius 3 is 2.77 bits per heavy atom. The van der Waals surface area contributed by atoms with Crippen molar-refractivity contribution < 1.29 is 4.79 Å². The second-order valence-electron chi connectivity index (χ2n) is 5.79. The van der Waals surface area contributed by atoms with Crippen LogP contribution in [0.1, 0.15) is 51.9 Å². The Labute approximate surface area is 136 Å². The summed E-state index contributed by atoms with van der Waals surface area (Å²) < 4.78 is 0. The van der Waals surface area contributed by atoms with Gasteiger partial charge < -0.3 is 4.90 Å². The molecule has 2 aromatic rings. The van der Waals surface area contributed by atoms with Gasteiger partial charge in [0.1, 0.15) is 0 Å². The Morgan fingerprint density at radius 1 is 1.23 bits per heavy atom. The van der Waals surface area contributed by atoms with Gasteiger partial charge in [-0.3, -0.25) is 9.78 Å². The van der Waals surface area contributed by atoms with E-state index in [1.807, 2.05) is 24.0 Å². The van der Waals surface area contributed by atoms with Crippen molar-refractivity contribution >= 4 is 17.2 Å². The van der Waals surface area contributed by atoms with Crippen LogP contribution in [0.4, 0.5) is 0 Å². The van der Waals surface area contributed by atoms with Crippen molar-refractivity contribution in [3.05, 3.63) is 51.5 Å². The van der Waals surface area contributed by atoms with Gasteiger partial charge in [0.25, 0.3) is 5.91 Å². The van der Waals surface area contributed by atoms with Gasteiger partial charge in [0, 0.05) is 30.4 Å². The Kier molecular flexibility index (Phi) is 4.88. The quantitative estimate of drug-likeness (QED) is 0.797. The van der Waals surface area contributed by atoms with Crippen molar-refractivity contribution in [1.29, 1.82) is 0 Å². The van der Waals surface area contributed by atoms with Crippen molar-refractivity contribution in [3.63, 3.8) is 0 Å². The SMILES string of the molecule is CCN(Cc1ccncc1)C(=O)c1cc2c(s1)CCCCC2. The first-order valence-electron chi connectivity index (χ1n) is 8.07. The predicted octanol–water partition coefficient (Wildman–Crippen LogP) is 4.07. The van der Waals surface area contributed by atoms with Crippen LogP contribution in [0.3, 0.4) is 0 Å². The first-order valence-corrected chi connectivity index (χ1v) is 8.89. The third-order valence-electron chi connectivity index (χ3n) is 4.25. The first kappa shape index (κ1) is 15.2. The molecule has 2 heterocycles. The molecular formula is C18H22N2OS. The van der Waals surface area contributed by atoms with Crippen LogP contribution in [-0.2, 0) is 19.4 Å². The van der Waals surface area contributed by atoms with Gasteiger partial charge in [-0.05, 0) is 61.9 Å². The third-order valence-corrected chi connectivity index (χ3v) is 5.47. The molecule has 22 heavy (non-hydrogen) atoms. The fourth-order valence-electron chi connectivity index (χ4n) is 2.96. The normalized spacial score (nSPS) is 14.2. The summed E-state index contributed by atoms with van der Waals surface area (Å²) in [7, 11) is 0. The van der Waals surface area contributed by atoms with Gasteiger partial charge in [-0.1, -0.05) is 6.42 Å². The van der Waals surface area contributed by atoms with Crippen LogP contribution in [0.15, 0.2) is 30.6 Å². The fraction of sp³-hybridized carbons (Fsp3) is 0.444. The van der Waals surface area contributed by atoms with E-state index in [2.05, 4.69) is 11.1 Å². The van der Waals surface area contributed by atoms with Gasteiger partial charge in [-0.15, -0.1) is 11.3 Å². The zero-order chi connectivity index (χ0) is 15.4. The minimum atomic E-state index is 0.164. The molecule has 116 valence electrons. The molecular weight excluding hydrogens is 292 g/mol. The highest BCUT2D eigenvalue weighted by atomic mass is 32.1. The van der Waals surface area contributed by atoms with Crippen molar-refractivity contribution in [2.45, 2.75) is 45.6 Å². The highest BCUT2D eigenvalue weighted by molar-refractivity contribution is 7.14. The van der Waals surface area contributed by atoms with E-state index in [4.69, 9.17) is 0 Å². The molecule has 0 saturated carbocycles. The lowest BCUT2D eigenvalue weighted by molar-refractivity contribution is 0.0757. The highest BCUT2D eigenvalue weighted by Gasteiger charge is 2.20. The molecule has 0 N–H and O–H groups in total. The van der Waals surface area contributed by atoms with Crippen molar-refractivity contribution in [2.24, 2.45) is 0 Å². The number of rotatable bonds is 4. The molecule has 3 nitrogen and oxygen atoms in total. The average Bonchev–Trinajstić information content (AvgIpc) is 2.84. The number of aryl methyl sites for hydroxylation is 2. The maximum absolute atomic E-state index is 12.8. The maximum atomic E-state index is 12.8. The molecule has 1 amide bonds. The molecule has 3 rings (SSSR count). The van der Waals surface area contributed by atoms with Crippen LogP contribution in [0.2, 0.25) is 0 Å². The molecule has 0 spiro atoms. The standard InChI is InChI=1S/C18H22N2OS/c1-2-20(13-14-8-10-19-11-9-14)18(21)17-12-15-6-4-3-5-7-16(15)22-17/h8-12H,2-7,13H2,1H3. The number of fused-ring (bicyclic) bond motifs is 1. The molecule has 1 aliphatic rings. The lowest BCUT2D eigenvalue weighted by Crippen LogP contribution is -2.29. The molecule has 4 heteroatoms. The topological polar surface area (TPSA) is 33.2 Å². The highest BCUT2D eigenvalue weighted by Crippen LogP contribution is 2.30. The van der Waals surface area contributed by atoms with Gasteiger partial charge in [-0.25, -0.2) is 0 Å². The van der Waals surface area contributed by atoms with Gasteiger partial charge in [0.05, 0.1) is 4.88 Å². The summed E-state index contributed by atoms with van der Waals surface area (Å²) >= 11 is 1.71. The Hall–Kier alpha value is -1.68. The second-order valence-corrected chi connectivity index (χ2v) is 6.93. The summed E-state index contributed by atoms with van der Waals surface area (Å²) in [4.78, 5) is 21.1. The summed E-state index contributed by atoms with van der Waals surface area (Å²) in [5.41, 5.74) is 2.54. The molecule has 0 atom stereocenters. The van der Waals surface area contributed by atoms with Crippen LogP contribution in [0.25, 0.3) is 0 Å². The van der Waals surface area contributed by atoms with E-state index in [9.17, 15) is 4.79 Å². The van der Waals surface area contributed by atoms with E-state index in [1.54, 1.807) is 23.7 Å². The molecule has 0 saturated heterocycles. The van der Waals surface area contributed by atoms with E-state index < -0.39 is 0 Å². The zero-order valence-electron chi connectivity index (χ0n) is 13.0. The Morgan fingerprint density at radius 2 is 2.00 bits per heavy atom. The van der Waals surface area contributed by atoms with E-state index in [1.165, 1.54) is 29.7 Å². The van der Waals surface area contributed by atoms with E-state index in [0.29, 0.717) is 6.54 Å². The smallest absolute Gasteiger partial charge is 0.264 e. The second kappa shape index (κ2) is 7.05. The molecule has 0 aromatic carbocycles. The van der Waals surface area contributed by atoms with Crippen molar-refractivity contribution in [1.82, 2.24) is 9.88 Å². The number of nitrogens with zero attached hydrogens (tertiary/aromatic N) is 2. The van der Waals surface area contributed by atoms with Crippen molar-refractivity contribution in [2.75, 3.05) is 6.54 Å². The monoisotopic (exact) mass is 314 g/mol. The number of aromatic nitrogens is 1. The number of amides is 1. The van der Waals surface area contributed by atoms with E-state index in [-0.39, 0.29) is 5.91 Å². The van der Waals surface area contributed by atoms with E-state index in [0.717, 1.165) is 29.8 Å². The molecule has 0 fully saturated rings. The number of pyridine rings is 1. The molecule has 0 unspecified atom stereocenters. The largest absolute Gasteiger partial charge is 0.334 e. The maximum Gasteiger partial charge on any atom is 0.264 e. The predicted molar refractivity (Wildman–Crippen MR) is 90.2 cm³/mol. The van der Waals surface area contributed by atoms with Gasteiger partial charge in [0.2, 0.25) is 0 Å². The molecule has 0 aliphatic heterocycles. The summed E-state index contributed by atoms with van der Waals surface area (Å²) in [6.45, 7) is 3.42. The summed E-state index contributed by atoms with van der Waals surface area (Å²) in [6, 6.07) is 6.09. The minimum Gasteiger partial charge on any atom is -0.334 e. The zero-order valence-corrected chi connectivity index (χ0v) is 13.9. The lowest BCUT2D eigenvalue weighted by Gasteiger charge is -2.20. The fourth-order valence-corrected chi connectivity index (χ4v) is 4.19. The summed E-state index contributed by atoms with van der Waals surface area (Å²) in [5.74, 6) is 0.164. The van der Waals surface area contributed by atoms with Gasteiger partial charge in [0.15, 0.2) is 0 Å². The number of hydrogen-bond donors (Lipinski definition) is 0. The third kappa shape index (κ3) is 3.38. The number of carbonyl (C=O) groups excluding carboxylic acids is 1. The van der Waals surface area contributed by atoms with Gasteiger partial charge in [-0.2, -0.15) is 0 Å². The average molecular weight is 314 g/mol. The molecule has 2 aromatic heterocycles. The summed E-state index contributed by atoms with van der Waals surface area (Å²) in [6.07, 6.45) is 9.66. The molecule has 0 bridgehead atoms. The lowest BCUT2D eigenvalue weighted by atomic mass is 10.1. The van der Waals surface area contributed by atoms with Crippen LogP contribution in [0.5, 0.6) is 0 Å². The molecule has 1 aliphatic carbocycles. The number of carbonyl (C=O) groups is 1. The number of hydrogen-bond acceptors (Lipinski definition) is 3.